The molecular formula is C14H16N4S. The van der Waals surface area contributed by atoms with E-state index in [4.69, 9.17) is 0 Å². The molecule has 5 heteroatoms. The maximum Gasteiger partial charge on any atom is 0.103 e. The van der Waals surface area contributed by atoms with E-state index in [9.17, 15) is 5.26 Å². The summed E-state index contributed by atoms with van der Waals surface area (Å²) in [6.45, 7) is 4.67. The number of hydrogen-bond donors (Lipinski definition) is 0. The first-order valence-corrected chi connectivity index (χ1v) is 6.97. The molecule has 2 rings (SSSR count). The van der Waals surface area contributed by atoms with Gasteiger partial charge in [0.15, 0.2) is 0 Å². The molecule has 0 aliphatic rings. The average molecular weight is 272 g/mol. The zero-order chi connectivity index (χ0) is 13.8. The van der Waals surface area contributed by atoms with Crippen LogP contribution >= 0.6 is 11.3 Å². The van der Waals surface area contributed by atoms with E-state index in [1.54, 1.807) is 11.3 Å². The molecule has 0 amide bonds. The van der Waals surface area contributed by atoms with Gasteiger partial charge in [0.1, 0.15) is 6.07 Å². The van der Waals surface area contributed by atoms with Gasteiger partial charge in [-0.1, -0.05) is 0 Å². The van der Waals surface area contributed by atoms with Gasteiger partial charge in [-0.2, -0.15) is 5.26 Å². The van der Waals surface area contributed by atoms with Gasteiger partial charge < -0.3 is 4.90 Å². The van der Waals surface area contributed by atoms with Crippen LogP contribution in [0.15, 0.2) is 17.6 Å². The Labute approximate surface area is 117 Å². The van der Waals surface area contributed by atoms with Crippen molar-refractivity contribution in [2.45, 2.75) is 20.3 Å². The van der Waals surface area contributed by atoms with Crippen molar-refractivity contribution in [2.75, 3.05) is 18.5 Å². The van der Waals surface area contributed by atoms with Crippen molar-refractivity contribution in [1.29, 1.82) is 5.26 Å². The lowest BCUT2D eigenvalue weighted by molar-refractivity contribution is 0.863. The Kier molecular flexibility index (Phi) is 4.13. The van der Waals surface area contributed by atoms with Crippen LogP contribution < -0.4 is 4.90 Å². The van der Waals surface area contributed by atoms with E-state index in [-0.39, 0.29) is 0 Å². The molecule has 0 fully saturated rings. The number of pyridine rings is 1. The lowest BCUT2D eigenvalue weighted by Crippen LogP contribution is -2.22. The first kappa shape index (κ1) is 13.5. The van der Waals surface area contributed by atoms with Gasteiger partial charge in [-0.05, 0) is 19.9 Å². The Morgan fingerprint density at radius 1 is 1.42 bits per heavy atom. The van der Waals surface area contributed by atoms with Crippen LogP contribution in [0.5, 0.6) is 0 Å². The fourth-order valence-electron chi connectivity index (χ4n) is 2.01. The van der Waals surface area contributed by atoms with Crippen LogP contribution in [-0.2, 0) is 6.42 Å². The van der Waals surface area contributed by atoms with Crippen LogP contribution in [0, 0.1) is 25.2 Å². The monoisotopic (exact) mass is 272 g/mol. The lowest BCUT2D eigenvalue weighted by atomic mass is 10.1. The van der Waals surface area contributed by atoms with Crippen LogP contribution in [0.4, 0.5) is 5.69 Å². The van der Waals surface area contributed by atoms with E-state index in [1.807, 2.05) is 38.5 Å². The Hall–Kier alpha value is -1.93. The quantitative estimate of drug-likeness (QED) is 0.858. The number of thiazole rings is 1. The third-order valence-corrected chi connectivity index (χ3v) is 3.81. The van der Waals surface area contributed by atoms with Crippen molar-refractivity contribution in [3.8, 4) is 6.07 Å². The summed E-state index contributed by atoms with van der Waals surface area (Å²) in [5.41, 5.74) is 3.34. The first-order valence-electron chi connectivity index (χ1n) is 6.09. The van der Waals surface area contributed by atoms with E-state index in [1.165, 1.54) is 0 Å². The largest absolute Gasteiger partial charge is 0.373 e. The van der Waals surface area contributed by atoms with E-state index >= 15 is 0 Å². The molecule has 2 heterocycles. The smallest absolute Gasteiger partial charge is 0.103 e. The molecule has 2 aromatic heterocycles. The zero-order valence-electron chi connectivity index (χ0n) is 11.3. The van der Waals surface area contributed by atoms with Gasteiger partial charge in [0.2, 0.25) is 0 Å². The van der Waals surface area contributed by atoms with Gasteiger partial charge >= 0.3 is 0 Å². The Morgan fingerprint density at radius 3 is 2.84 bits per heavy atom. The van der Waals surface area contributed by atoms with Gasteiger partial charge in [0, 0.05) is 37.3 Å². The average Bonchev–Trinajstić information content (AvgIpc) is 2.88. The summed E-state index contributed by atoms with van der Waals surface area (Å²) in [6, 6.07) is 4.21. The van der Waals surface area contributed by atoms with Crippen LogP contribution in [0.1, 0.15) is 22.0 Å². The Balaban J connectivity index is 2.19. The zero-order valence-corrected chi connectivity index (χ0v) is 12.2. The van der Waals surface area contributed by atoms with Gasteiger partial charge in [-0.15, -0.1) is 11.3 Å². The minimum absolute atomic E-state index is 0.659. The molecule has 0 bridgehead atoms. The maximum absolute atomic E-state index is 9.26. The second-order valence-electron chi connectivity index (χ2n) is 4.45. The number of hydrogen-bond acceptors (Lipinski definition) is 5. The predicted octanol–water partition coefficient (Wildman–Crippen LogP) is 2.71. The molecule has 0 radical (unpaired) electrons. The molecule has 2 aromatic rings. The highest BCUT2D eigenvalue weighted by atomic mass is 32.1. The molecule has 0 unspecified atom stereocenters. The number of rotatable bonds is 4. The number of likely N-dealkylation sites (N-methyl/N-ethyl adjacent to an activating group) is 1. The standard InChI is InChI=1S/C14H16N4S/c1-10-8-13(12(9-15)11(2)17-10)18(3)6-4-14-16-5-7-19-14/h5,7-8H,4,6H2,1-3H3. The summed E-state index contributed by atoms with van der Waals surface area (Å²) >= 11 is 1.66. The number of nitrogens with zero attached hydrogens (tertiary/aromatic N) is 4. The van der Waals surface area contributed by atoms with Crippen LogP contribution in [0.3, 0.4) is 0 Å². The van der Waals surface area contributed by atoms with Crippen LogP contribution in [0.25, 0.3) is 0 Å². The fraction of sp³-hybridized carbons (Fsp3) is 0.357. The highest BCUT2D eigenvalue weighted by Gasteiger charge is 2.12. The molecule has 98 valence electrons. The topological polar surface area (TPSA) is 52.8 Å². The summed E-state index contributed by atoms with van der Waals surface area (Å²) in [6.07, 6.45) is 2.71. The predicted molar refractivity (Wildman–Crippen MR) is 77.5 cm³/mol. The van der Waals surface area contributed by atoms with Gasteiger partial charge in [-0.3, -0.25) is 4.98 Å². The van der Waals surface area contributed by atoms with Gasteiger partial charge in [0.05, 0.1) is 22.0 Å². The second kappa shape index (κ2) is 5.81. The van der Waals surface area contributed by atoms with Crippen molar-refractivity contribution < 1.29 is 0 Å². The molecule has 0 spiro atoms. The Bertz CT molecular complexity index is 599. The molecule has 0 atom stereocenters. The SMILES string of the molecule is Cc1cc(N(C)CCc2nccs2)c(C#N)c(C)n1. The number of nitriles is 1. The molecule has 0 N–H and O–H groups in total. The van der Waals surface area contributed by atoms with Crippen molar-refractivity contribution in [1.82, 2.24) is 9.97 Å². The minimum Gasteiger partial charge on any atom is -0.373 e. The van der Waals surface area contributed by atoms with E-state index < -0.39 is 0 Å². The van der Waals surface area contributed by atoms with Crippen LogP contribution in [0.2, 0.25) is 0 Å². The molecule has 19 heavy (non-hydrogen) atoms. The number of aryl methyl sites for hydroxylation is 2. The molecule has 0 aromatic carbocycles. The normalized spacial score (nSPS) is 10.2. The van der Waals surface area contributed by atoms with E-state index in [2.05, 4.69) is 20.9 Å². The highest BCUT2D eigenvalue weighted by Crippen LogP contribution is 2.22. The fourth-order valence-corrected chi connectivity index (χ4v) is 2.62. The van der Waals surface area contributed by atoms with Gasteiger partial charge in [-0.25, -0.2) is 4.98 Å². The summed E-state index contributed by atoms with van der Waals surface area (Å²) in [7, 11) is 2.00. The maximum atomic E-state index is 9.26. The summed E-state index contributed by atoms with van der Waals surface area (Å²) in [5.74, 6) is 0. The van der Waals surface area contributed by atoms with E-state index in [0.717, 1.165) is 35.0 Å². The van der Waals surface area contributed by atoms with Crippen LogP contribution in [-0.4, -0.2) is 23.6 Å². The lowest BCUT2D eigenvalue weighted by Gasteiger charge is -2.21. The molecule has 0 saturated heterocycles. The summed E-state index contributed by atoms with van der Waals surface area (Å²) < 4.78 is 0. The third kappa shape index (κ3) is 3.09. The van der Waals surface area contributed by atoms with Gasteiger partial charge in [0.25, 0.3) is 0 Å². The highest BCUT2D eigenvalue weighted by molar-refractivity contribution is 7.09. The first-order chi connectivity index (χ1) is 9.11. The molecular weight excluding hydrogens is 256 g/mol. The molecule has 4 nitrogen and oxygen atoms in total. The second-order valence-corrected chi connectivity index (χ2v) is 5.43. The molecule has 0 aliphatic heterocycles. The van der Waals surface area contributed by atoms with Crippen molar-refractivity contribution in [3.63, 3.8) is 0 Å². The number of aromatic nitrogens is 2. The Morgan fingerprint density at radius 2 is 2.21 bits per heavy atom. The third-order valence-electron chi connectivity index (χ3n) is 2.98. The molecule has 0 saturated carbocycles. The number of anilines is 1. The summed E-state index contributed by atoms with van der Waals surface area (Å²) in [4.78, 5) is 10.7. The molecule has 0 aliphatic carbocycles. The van der Waals surface area contributed by atoms with Crippen molar-refractivity contribution >= 4 is 17.0 Å². The van der Waals surface area contributed by atoms with Crippen molar-refractivity contribution in [2.24, 2.45) is 0 Å². The minimum atomic E-state index is 0.659. The van der Waals surface area contributed by atoms with E-state index in [0.29, 0.717) is 5.56 Å². The van der Waals surface area contributed by atoms with Crippen molar-refractivity contribution in [3.05, 3.63) is 39.6 Å². The summed E-state index contributed by atoms with van der Waals surface area (Å²) in [5, 5.41) is 12.4.